The van der Waals surface area contributed by atoms with Crippen LogP contribution < -0.4 is 35.6 Å². The summed E-state index contributed by atoms with van der Waals surface area (Å²) in [5.74, 6) is 0.606. The lowest BCUT2D eigenvalue weighted by atomic mass is 9.84. The van der Waals surface area contributed by atoms with E-state index in [4.69, 9.17) is 22.1 Å². The molecule has 37 heavy (non-hydrogen) atoms. The molecule has 0 unspecified atom stereocenters. The number of nitrogens with one attached hydrogen (secondary N) is 3. The molecule has 10 nitrogen and oxygen atoms in total. The molecule has 1 amide bonds. The Labute approximate surface area is 223 Å². The molecule has 0 aliphatic carbocycles. The number of nitrogens with zero attached hydrogens (tertiary/aromatic N) is 3. The molecule has 1 aromatic carbocycles. The number of rotatable bonds is 11. The zero-order valence-corrected chi connectivity index (χ0v) is 23.1. The van der Waals surface area contributed by atoms with Gasteiger partial charge < -0.3 is 30.2 Å². The Morgan fingerprint density at radius 1 is 1.08 bits per heavy atom. The van der Waals surface area contributed by atoms with Gasteiger partial charge in [0.15, 0.2) is 5.69 Å². The minimum atomic E-state index is -0.496. The second kappa shape index (κ2) is 12.2. The summed E-state index contributed by atoms with van der Waals surface area (Å²) in [7, 11) is 9.00. The van der Waals surface area contributed by atoms with E-state index in [2.05, 4.69) is 65.5 Å². The van der Waals surface area contributed by atoms with Crippen LogP contribution in [0.3, 0.4) is 0 Å². The van der Waals surface area contributed by atoms with Crippen LogP contribution in [0.15, 0.2) is 23.6 Å². The summed E-state index contributed by atoms with van der Waals surface area (Å²) in [5.41, 5.74) is 1.82. The van der Waals surface area contributed by atoms with Crippen molar-refractivity contribution >= 4 is 42.2 Å². The van der Waals surface area contributed by atoms with Crippen molar-refractivity contribution in [1.82, 2.24) is 20.3 Å². The van der Waals surface area contributed by atoms with Gasteiger partial charge in [0.2, 0.25) is 17.7 Å². The number of carbonyl (C=O) groups excluding carboxylic acids is 1. The molecule has 2 aromatic heterocycles. The highest BCUT2D eigenvalue weighted by atomic mass is 32.1. The Bertz CT molecular complexity index is 1200. The van der Waals surface area contributed by atoms with E-state index in [1.165, 1.54) is 25.6 Å². The molecule has 196 valence electrons. The molecule has 3 N–H and O–H groups in total. The average molecular weight is 524 g/mol. The van der Waals surface area contributed by atoms with Crippen molar-refractivity contribution in [3.63, 3.8) is 0 Å². The highest BCUT2D eigenvalue weighted by molar-refractivity contribution is 7.11. The number of amides is 1. The SMILES string of the molecule is [B]c1ccc(C(C)(C)C)cc1Oc1nc(C(=O)Nc2c(OC)nc(NCCNC(C)C)nc2OC)cs1. The van der Waals surface area contributed by atoms with Gasteiger partial charge in [-0.05, 0) is 17.0 Å². The first-order valence-corrected chi connectivity index (χ1v) is 12.7. The van der Waals surface area contributed by atoms with Crippen LogP contribution in [0.1, 0.15) is 50.7 Å². The Morgan fingerprint density at radius 2 is 1.76 bits per heavy atom. The maximum Gasteiger partial charge on any atom is 0.279 e. The van der Waals surface area contributed by atoms with Crippen LogP contribution in [0.25, 0.3) is 0 Å². The molecular formula is C25H33BN6O4S. The summed E-state index contributed by atoms with van der Waals surface area (Å²) in [4.78, 5) is 26.0. The molecule has 0 saturated heterocycles. The molecule has 12 heteroatoms. The van der Waals surface area contributed by atoms with E-state index in [-0.39, 0.29) is 33.7 Å². The summed E-state index contributed by atoms with van der Waals surface area (Å²) >= 11 is 1.18. The van der Waals surface area contributed by atoms with Crippen molar-refractivity contribution in [2.45, 2.75) is 46.1 Å². The smallest absolute Gasteiger partial charge is 0.279 e. The fourth-order valence-corrected chi connectivity index (χ4v) is 3.87. The van der Waals surface area contributed by atoms with E-state index < -0.39 is 5.91 Å². The van der Waals surface area contributed by atoms with Gasteiger partial charge in [0.25, 0.3) is 11.1 Å². The minimum absolute atomic E-state index is 0.0735. The maximum atomic E-state index is 13.0. The van der Waals surface area contributed by atoms with Gasteiger partial charge in [-0.3, -0.25) is 4.79 Å². The molecule has 0 aliphatic heterocycles. The summed E-state index contributed by atoms with van der Waals surface area (Å²) < 4.78 is 16.7. The van der Waals surface area contributed by atoms with Gasteiger partial charge in [-0.2, -0.15) is 15.0 Å². The molecule has 0 fully saturated rings. The third-order valence-corrected chi connectivity index (χ3v) is 5.94. The largest absolute Gasteiger partial charge is 0.479 e. The molecule has 2 radical (unpaired) electrons. The Kier molecular flexibility index (Phi) is 9.33. The van der Waals surface area contributed by atoms with Gasteiger partial charge in [-0.15, -0.1) is 0 Å². The van der Waals surface area contributed by atoms with Crippen LogP contribution in [-0.2, 0) is 5.41 Å². The van der Waals surface area contributed by atoms with Crippen LogP contribution in [-0.4, -0.2) is 62.1 Å². The molecule has 0 spiro atoms. The molecule has 2 heterocycles. The van der Waals surface area contributed by atoms with Gasteiger partial charge in [0.1, 0.15) is 19.3 Å². The zero-order valence-electron chi connectivity index (χ0n) is 22.3. The number of ether oxygens (including phenoxy) is 3. The Balaban J connectivity index is 1.74. The summed E-state index contributed by atoms with van der Waals surface area (Å²) in [5, 5.41) is 11.0. The van der Waals surface area contributed by atoms with Crippen molar-refractivity contribution in [3.05, 3.63) is 34.8 Å². The maximum absolute atomic E-state index is 13.0. The lowest BCUT2D eigenvalue weighted by Crippen LogP contribution is -2.28. The number of benzene rings is 1. The first kappa shape index (κ1) is 28.2. The van der Waals surface area contributed by atoms with Gasteiger partial charge >= 0.3 is 0 Å². The van der Waals surface area contributed by atoms with E-state index >= 15 is 0 Å². The molecule has 0 aliphatic rings. The predicted molar refractivity (Wildman–Crippen MR) is 147 cm³/mol. The van der Waals surface area contributed by atoms with E-state index in [1.54, 1.807) is 11.4 Å². The van der Waals surface area contributed by atoms with Crippen molar-refractivity contribution in [2.24, 2.45) is 0 Å². The topological polar surface area (TPSA) is 120 Å². The highest BCUT2D eigenvalue weighted by Crippen LogP contribution is 2.34. The third-order valence-electron chi connectivity index (χ3n) is 5.22. The van der Waals surface area contributed by atoms with Gasteiger partial charge in [0, 0.05) is 24.5 Å². The Hall–Kier alpha value is -3.38. The molecule has 0 bridgehead atoms. The molecule has 0 atom stereocenters. The monoisotopic (exact) mass is 524 g/mol. The highest BCUT2D eigenvalue weighted by Gasteiger charge is 2.22. The lowest BCUT2D eigenvalue weighted by Gasteiger charge is -2.20. The summed E-state index contributed by atoms with van der Waals surface area (Å²) in [6.07, 6.45) is 0. The molecule has 3 rings (SSSR count). The van der Waals surface area contributed by atoms with Crippen LogP contribution >= 0.6 is 11.3 Å². The van der Waals surface area contributed by atoms with Crippen LogP contribution in [0.2, 0.25) is 0 Å². The average Bonchev–Trinajstić information content (AvgIpc) is 3.31. The van der Waals surface area contributed by atoms with E-state index in [9.17, 15) is 4.79 Å². The number of carbonyl (C=O) groups is 1. The fraction of sp³-hybridized carbons (Fsp3) is 0.440. The van der Waals surface area contributed by atoms with Gasteiger partial charge in [-0.25, -0.2) is 0 Å². The number of hydrogen-bond donors (Lipinski definition) is 3. The van der Waals surface area contributed by atoms with E-state index in [1.807, 2.05) is 12.1 Å². The second-order valence-corrected chi connectivity index (χ2v) is 10.4. The normalized spacial score (nSPS) is 11.4. The summed E-state index contributed by atoms with van der Waals surface area (Å²) in [6.45, 7) is 11.8. The Morgan fingerprint density at radius 3 is 2.35 bits per heavy atom. The second-order valence-electron chi connectivity index (χ2n) is 9.53. The van der Waals surface area contributed by atoms with Crippen LogP contribution in [0, 0.1) is 0 Å². The van der Waals surface area contributed by atoms with Crippen molar-refractivity contribution < 1.29 is 19.0 Å². The number of aromatic nitrogens is 3. The first-order chi connectivity index (χ1) is 17.5. The van der Waals surface area contributed by atoms with Crippen molar-refractivity contribution in [1.29, 1.82) is 0 Å². The number of anilines is 2. The van der Waals surface area contributed by atoms with Crippen LogP contribution in [0.5, 0.6) is 22.7 Å². The molecule has 0 saturated carbocycles. The number of hydrogen-bond acceptors (Lipinski definition) is 10. The number of thiazole rings is 1. The van der Waals surface area contributed by atoms with Gasteiger partial charge in [-0.1, -0.05) is 63.6 Å². The van der Waals surface area contributed by atoms with Gasteiger partial charge in [0.05, 0.1) is 14.2 Å². The molecular weight excluding hydrogens is 491 g/mol. The fourth-order valence-electron chi connectivity index (χ4n) is 3.21. The quantitative estimate of drug-likeness (QED) is 0.256. The first-order valence-electron chi connectivity index (χ1n) is 11.8. The minimum Gasteiger partial charge on any atom is -0.479 e. The van der Waals surface area contributed by atoms with E-state index in [0.717, 1.165) is 12.1 Å². The third kappa shape index (κ3) is 7.56. The predicted octanol–water partition coefficient (Wildman–Crippen LogP) is 3.50. The van der Waals surface area contributed by atoms with Crippen LogP contribution in [0.4, 0.5) is 11.6 Å². The zero-order chi connectivity index (χ0) is 27.2. The van der Waals surface area contributed by atoms with E-state index in [0.29, 0.717) is 29.7 Å². The molecule has 3 aromatic rings. The van der Waals surface area contributed by atoms with Crippen molar-refractivity contribution in [2.75, 3.05) is 37.9 Å². The lowest BCUT2D eigenvalue weighted by molar-refractivity contribution is 0.102. The number of methoxy groups -OCH3 is 2. The standard InChI is InChI=1S/C25H33BN6O4S/c1-14(2)27-10-11-28-23-31-21(34-6)19(22(32-23)35-7)30-20(33)17-13-37-24(29-17)36-18-12-15(25(3,4)5)8-9-16(18)26/h8-9,12-14,27H,10-11H2,1-7H3,(H,30,33)(H,28,31,32). The van der Waals surface area contributed by atoms with Crippen molar-refractivity contribution in [3.8, 4) is 22.7 Å². The summed E-state index contributed by atoms with van der Waals surface area (Å²) in [6, 6.07) is 6.02.